The van der Waals surface area contributed by atoms with Crippen molar-refractivity contribution in [1.82, 2.24) is 14.9 Å². The first kappa shape index (κ1) is 15.9. The van der Waals surface area contributed by atoms with Crippen molar-refractivity contribution in [2.45, 2.75) is 31.8 Å². The summed E-state index contributed by atoms with van der Waals surface area (Å²) in [6, 6.07) is 5.69. The smallest absolute Gasteiger partial charge is 0.265 e. The number of methoxy groups -OCH3 is 1. The second-order valence-electron chi connectivity index (χ2n) is 5.78. The first-order valence-electron chi connectivity index (χ1n) is 7.50. The summed E-state index contributed by atoms with van der Waals surface area (Å²) in [6.45, 7) is 1.91. The lowest BCUT2D eigenvalue weighted by Gasteiger charge is -2.34. The molecule has 1 aliphatic rings. The Morgan fingerprint density at radius 1 is 1.52 bits per heavy atom. The molecule has 2 aromatic rings. The molecule has 1 heterocycles. The van der Waals surface area contributed by atoms with Gasteiger partial charge in [-0.3, -0.25) is 4.79 Å². The Morgan fingerprint density at radius 3 is 3.04 bits per heavy atom. The minimum Gasteiger partial charge on any atom is -0.497 e. The number of nitrogens with one attached hydrogen (secondary N) is 1. The van der Waals surface area contributed by atoms with E-state index in [1.807, 2.05) is 18.2 Å². The van der Waals surface area contributed by atoms with Crippen molar-refractivity contribution in [3.8, 4) is 5.75 Å². The van der Waals surface area contributed by atoms with Crippen molar-refractivity contribution < 1.29 is 14.6 Å². The molecule has 6 nitrogen and oxygen atoms in total. The average molecular weight is 333 g/mol. The van der Waals surface area contributed by atoms with E-state index in [4.69, 9.17) is 4.74 Å². The van der Waals surface area contributed by atoms with Gasteiger partial charge in [-0.15, -0.1) is 5.10 Å². The van der Waals surface area contributed by atoms with Crippen LogP contribution < -0.4 is 10.1 Å². The van der Waals surface area contributed by atoms with Gasteiger partial charge in [-0.05, 0) is 61.0 Å². The van der Waals surface area contributed by atoms with Crippen molar-refractivity contribution in [3.05, 3.63) is 39.9 Å². The van der Waals surface area contributed by atoms with E-state index in [9.17, 15) is 9.90 Å². The first-order chi connectivity index (χ1) is 11.0. The predicted octanol–water partition coefficient (Wildman–Crippen LogP) is 1.81. The van der Waals surface area contributed by atoms with E-state index in [0.29, 0.717) is 17.0 Å². The molecular formula is C16H19N3O3S. The third-order valence-corrected chi connectivity index (χ3v) is 5.08. The molecule has 0 aliphatic heterocycles. The standard InChI is InChI=1S/C16H19N3O3S/c1-10-14(23-19-18-10)15(20)17-9-16(21)7-3-4-11-8-12(22-2)5-6-13(11)16/h5-6,8,21H,3-4,7,9H2,1-2H3,(H,17,20). The highest BCUT2D eigenvalue weighted by Crippen LogP contribution is 2.36. The van der Waals surface area contributed by atoms with Gasteiger partial charge in [-0.2, -0.15) is 0 Å². The molecule has 0 saturated heterocycles. The van der Waals surface area contributed by atoms with Crippen LogP contribution in [0.5, 0.6) is 5.75 Å². The fourth-order valence-corrected chi connectivity index (χ4v) is 3.57. The van der Waals surface area contributed by atoms with Gasteiger partial charge < -0.3 is 15.2 Å². The zero-order valence-corrected chi connectivity index (χ0v) is 13.9. The fraction of sp³-hybridized carbons (Fsp3) is 0.438. The van der Waals surface area contributed by atoms with Gasteiger partial charge >= 0.3 is 0 Å². The Hall–Kier alpha value is -1.99. The van der Waals surface area contributed by atoms with E-state index in [1.165, 1.54) is 0 Å². The first-order valence-corrected chi connectivity index (χ1v) is 8.28. The molecule has 7 heteroatoms. The van der Waals surface area contributed by atoms with E-state index in [1.54, 1.807) is 14.0 Å². The summed E-state index contributed by atoms with van der Waals surface area (Å²) in [5, 5.41) is 17.7. The van der Waals surface area contributed by atoms with Crippen LogP contribution in [0.25, 0.3) is 0 Å². The minimum atomic E-state index is -1.05. The molecule has 0 fully saturated rings. The highest BCUT2D eigenvalue weighted by Gasteiger charge is 2.35. The van der Waals surface area contributed by atoms with Crippen LogP contribution >= 0.6 is 11.5 Å². The number of benzene rings is 1. The van der Waals surface area contributed by atoms with Crippen LogP contribution in [-0.4, -0.2) is 34.3 Å². The van der Waals surface area contributed by atoms with E-state index in [2.05, 4.69) is 14.9 Å². The summed E-state index contributed by atoms with van der Waals surface area (Å²) in [7, 11) is 1.63. The number of ether oxygens (including phenoxy) is 1. The molecule has 122 valence electrons. The average Bonchev–Trinajstić information content (AvgIpc) is 2.99. The molecule has 23 heavy (non-hydrogen) atoms. The Kier molecular flexibility index (Phi) is 4.32. The van der Waals surface area contributed by atoms with Crippen LogP contribution in [0.3, 0.4) is 0 Å². The molecule has 0 bridgehead atoms. The van der Waals surface area contributed by atoms with Gasteiger partial charge in [-0.25, -0.2) is 0 Å². The summed E-state index contributed by atoms with van der Waals surface area (Å²) in [4.78, 5) is 12.7. The monoisotopic (exact) mass is 333 g/mol. The number of aryl methyl sites for hydroxylation is 2. The summed E-state index contributed by atoms with van der Waals surface area (Å²) in [5.41, 5.74) is 1.49. The number of nitrogens with zero attached hydrogens (tertiary/aromatic N) is 2. The van der Waals surface area contributed by atoms with Gasteiger partial charge in [0, 0.05) is 0 Å². The number of carbonyl (C=O) groups is 1. The zero-order chi connectivity index (χ0) is 16.4. The quantitative estimate of drug-likeness (QED) is 0.891. The van der Waals surface area contributed by atoms with Crippen LogP contribution in [-0.2, 0) is 12.0 Å². The maximum atomic E-state index is 12.2. The normalized spacial score (nSPS) is 20.0. The topological polar surface area (TPSA) is 84.3 Å². The van der Waals surface area contributed by atoms with Gasteiger partial charge in [-0.1, -0.05) is 10.6 Å². The van der Waals surface area contributed by atoms with Gasteiger partial charge in [0.15, 0.2) is 0 Å². The molecular weight excluding hydrogens is 314 g/mol. The molecule has 1 aliphatic carbocycles. The Balaban J connectivity index is 1.78. The third-order valence-electron chi connectivity index (χ3n) is 4.25. The zero-order valence-electron chi connectivity index (χ0n) is 13.1. The second kappa shape index (κ2) is 6.25. The lowest BCUT2D eigenvalue weighted by molar-refractivity contribution is 0.0189. The van der Waals surface area contributed by atoms with Crippen LogP contribution in [0.4, 0.5) is 0 Å². The van der Waals surface area contributed by atoms with Crippen molar-refractivity contribution in [2.24, 2.45) is 0 Å². The van der Waals surface area contributed by atoms with Crippen molar-refractivity contribution in [3.63, 3.8) is 0 Å². The molecule has 1 atom stereocenters. The molecule has 0 spiro atoms. The second-order valence-corrected chi connectivity index (χ2v) is 6.53. The number of hydrogen-bond acceptors (Lipinski definition) is 6. The number of amides is 1. The highest BCUT2D eigenvalue weighted by molar-refractivity contribution is 7.07. The largest absolute Gasteiger partial charge is 0.497 e. The summed E-state index contributed by atoms with van der Waals surface area (Å²) < 4.78 is 9.01. The van der Waals surface area contributed by atoms with Gasteiger partial charge in [0.1, 0.15) is 16.2 Å². The molecule has 0 radical (unpaired) electrons. The van der Waals surface area contributed by atoms with Crippen LogP contribution in [0.2, 0.25) is 0 Å². The summed E-state index contributed by atoms with van der Waals surface area (Å²) in [5.74, 6) is 0.537. The fourth-order valence-electron chi connectivity index (χ4n) is 2.99. The lowest BCUT2D eigenvalue weighted by Crippen LogP contribution is -2.43. The lowest BCUT2D eigenvalue weighted by atomic mass is 9.79. The van der Waals surface area contributed by atoms with Crippen LogP contribution in [0.15, 0.2) is 18.2 Å². The van der Waals surface area contributed by atoms with Gasteiger partial charge in [0.25, 0.3) is 5.91 Å². The molecule has 1 unspecified atom stereocenters. The number of fused-ring (bicyclic) bond motifs is 1. The molecule has 0 saturated carbocycles. The summed E-state index contributed by atoms with van der Waals surface area (Å²) >= 11 is 1.06. The number of hydrogen-bond donors (Lipinski definition) is 2. The SMILES string of the molecule is COc1ccc2c(c1)CCCC2(O)CNC(=O)c1snnc1C. The van der Waals surface area contributed by atoms with Crippen LogP contribution in [0.1, 0.15) is 39.3 Å². The number of aliphatic hydroxyl groups is 1. The van der Waals surface area contributed by atoms with Crippen molar-refractivity contribution >= 4 is 17.4 Å². The van der Waals surface area contributed by atoms with Crippen molar-refractivity contribution in [1.29, 1.82) is 0 Å². The Bertz CT molecular complexity index is 731. The molecule has 1 aromatic heterocycles. The maximum absolute atomic E-state index is 12.2. The minimum absolute atomic E-state index is 0.169. The van der Waals surface area contributed by atoms with E-state index < -0.39 is 5.60 Å². The molecule has 1 aromatic carbocycles. The maximum Gasteiger partial charge on any atom is 0.265 e. The summed E-state index contributed by atoms with van der Waals surface area (Å²) in [6.07, 6.45) is 2.39. The predicted molar refractivity (Wildman–Crippen MR) is 86.8 cm³/mol. The van der Waals surface area contributed by atoms with Gasteiger partial charge in [0.2, 0.25) is 0 Å². The van der Waals surface area contributed by atoms with Crippen LogP contribution in [0, 0.1) is 6.92 Å². The Morgan fingerprint density at radius 2 is 2.35 bits per heavy atom. The van der Waals surface area contributed by atoms with Crippen molar-refractivity contribution in [2.75, 3.05) is 13.7 Å². The molecule has 1 amide bonds. The number of carbonyl (C=O) groups excluding carboxylic acids is 1. The molecule has 3 rings (SSSR count). The third kappa shape index (κ3) is 3.07. The van der Waals surface area contributed by atoms with E-state index >= 15 is 0 Å². The highest BCUT2D eigenvalue weighted by atomic mass is 32.1. The molecule has 2 N–H and O–H groups in total. The Labute approximate surface area is 138 Å². The van der Waals surface area contributed by atoms with E-state index in [-0.39, 0.29) is 12.5 Å². The van der Waals surface area contributed by atoms with Gasteiger partial charge in [0.05, 0.1) is 19.3 Å². The number of rotatable bonds is 4. The number of aromatic nitrogens is 2. The van der Waals surface area contributed by atoms with E-state index in [0.717, 1.165) is 41.3 Å².